The molecule has 0 saturated heterocycles. The van der Waals surface area contributed by atoms with Crippen molar-refractivity contribution in [2.45, 2.75) is 38.7 Å². The van der Waals surface area contributed by atoms with E-state index in [1.54, 1.807) is 19.1 Å². The quantitative estimate of drug-likeness (QED) is 0.449. The number of amides is 1. The van der Waals surface area contributed by atoms with Crippen LogP contribution in [0.2, 0.25) is 10.3 Å². The molecule has 11 heteroatoms. The van der Waals surface area contributed by atoms with Crippen molar-refractivity contribution in [3.63, 3.8) is 0 Å². The molecule has 1 aliphatic carbocycles. The van der Waals surface area contributed by atoms with Gasteiger partial charge in [-0.15, -0.1) is 0 Å². The molecule has 2 aromatic heterocycles. The van der Waals surface area contributed by atoms with E-state index in [1.807, 2.05) is 0 Å². The third-order valence-electron chi connectivity index (χ3n) is 5.15. The number of aliphatic hydroxyl groups is 1. The van der Waals surface area contributed by atoms with Crippen LogP contribution in [0.3, 0.4) is 0 Å². The normalized spacial score (nSPS) is 18.1. The van der Waals surface area contributed by atoms with Crippen LogP contribution in [-0.2, 0) is 9.53 Å². The van der Waals surface area contributed by atoms with E-state index in [0.29, 0.717) is 31.0 Å². The van der Waals surface area contributed by atoms with Gasteiger partial charge in [-0.1, -0.05) is 23.2 Å². The smallest absolute Gasteiger partial charge is 0.308 e. The van der Waals surface area contributed by atoms with Crippen molar-refractivity contribution >= 4 is 40.8 Å². The van der Waals surface area contributed by atoms with Gasteiger partial charge in [0, 0.05) is 12.6 Å². The summed E-state index contributed by atoms with van der Waals surface area (Å²) in [6, 6.07) is 3.31. The Morgan fingerprint density at radius 1 is 1.12 bits per heavy atom. The minimum Gasteiger partial charge on any atom is -0.474 e. The number of esters is 1. The minimum absolute atomic E-state index is 0.000141. The Hall–Kier alpha value is -2.49. The number of halogens is 2. The predicted molar refractivity (Wildman–Crippen MR) is 118 cm³/mol. The van der Waals surface area contributed by atoms with Gasteiger partial charge in [-0.05, 0) is 38.7 Å². The van der Waals surface area contributed by atoms with E-state index in [-0.39, 0.29) is 47.0 Å². The summed E-state index contributed by atoms with van der Waals surface area (Å²) in [5.74, 6) is -0.374. The topological polar surface area (TPSA) is 115 Å². The van der Waals surface area contributed by atoms with E-state index in [1.165, 1.54) is 11.1 Å². The number of aliphatic hydroxyl groups excluding tert-OH is 1. The van der Waals surface area contributed by atoms with E-state index in [4.69, 9.17) is 32.7 Å². The van der Waals surface area contributed by atoms with Gasteiger partial charge in [0.05, 0.1) is 31.0 Å². The molecule has 0 unspecified atom stereocenters. The van der Waals surface area contributed by atoms with Crippen LogP contribution in [0.5, 0.6) is 5.88 Å². The van der Waals surface area contributed by atoms with Crippen LogP contribution in [0.25, 0.3) is 0 Å². The fourth-order valence-corrected chi connectivity index (χ4v) is 4.03. The third-order valence-corrected chi connectivity index (χ3v) is 5.72. The predicted octanol–water partition coefficient (Wildman–Crippen LogP) is 3.32. The molecule has 1 N–H and O–H groups in total. The Kier molecular flexibility index (Phi) is 8.60. The van der Waals surface area contributed by atoms with Gasteiger partial charge in [0.25, 0.3) is 5.91 Å². The van der Waals surface area contributed by atoms with Crippen LogP contribution in [0, 0.1) is 5.92 Å². The molecule has 0 aromatic carbocycles. The molecule has 1 amide bonds. The number of pyridine rings is 1. The lowest BCUT2D eigenvalue weighted by Gasteiger charge is -2.27. The van der Waals surface area contributed by atoms with E-state index < -0.39 is 5.91 Å². The summed E-state index contributed by atoms with van der Waals surface area (Å²) < 4.78 is 11.0. The summed E-state index contributed by atoms with van der Waals surface area (Å²) in [4.78, 5) is 38.0. The molecule has 172 valence electrons. The minimum atomic E-state index is -0.553. The number of carbonyl (C=O) groups is 2. The molecular formula is C21H24Cl2N4O5. The van der Waals surface area contributed by atoms with Crippen molar-refractivity contribution < 1.29 is 24.2 Å². The van der Waals surface area contributed by atoms with E-state index >= 15 is 0 Å². The zero-order valence-corrected chi connectivity index (χ0v) is 19.1. The van der Waals surface area contributed by atoms with Crippen molar-refractivity contribution in [1.82, 2.24) is 15.0 Å². The van der Waals surface area contributed by atoms with Crippen LogP contribution >= 0.6 is 23.2 Å². The molecule has 9 nitrogen and oxygen atoms in total. The number of nitrogens with zero attached hydrogens (tertiary/aromatic N) is 4. The third kappa shape index (κ3) is 5.85. The molecule has 32 heavy (non-hydrogen) atoms. The fourth-order valence-electron chi connectivity index (χ4n) is 3.55. The van der Waals surface area contributed by atoms with Gasteiger partial charge in [-0.2, -0.15) is 0 Å². The maximum absolute atomic E-state index is 13.0. The van der Waals surface area contributed by atoms with Crippen molar-refractivity contribution in [2.75, 3.05) is 24.7 Å². The number of hydrogen-bond acceptors (Lipinski definition) is 8. The van der Waals surface area contributed by atoms with E-state index in [9.17, 15) is 14.7 Å². The fraction of sp³-hybridized carbons (Fsp3) is 0.476. The Morgan fingerprint density at radius 2 is 1.81 bits per heavy atom. The molecular weight excluding hydrogens is 459 g/mol. The first kappa shape index (κ1) is 24.2. The summed E-state index contributed by atoms with van der Waals surface area (Å²) in [7, 11) is 0. The largest absolute Gasteiger partial charge is 0.474 e. The Bertz CT molecular complexity index is 916. The summed E-state index contributed by atoms with van der Waals surface area (Å²) in [6.07, 6.45) is 5.46. The molecule has 0 radical (unpaired) electrons. The lowest BCUT2D eigenvalue weighted by atomic mass is 9.87. The average Bonchev–Trinajstić information content (AvgIpc) is 2.78. The van der Waals surface area contributed by atoms with Gasteiger partial charge >= 0.3 is 5.97 Å². The van der Waals surface area contributed by atoms with Gasteiger partial charge in [0.2, 0.25) is 5.88 Å². The maximum Gasteiger partial charge on any atom is 0.308 e. The van der Waals surface area contributed by atoms with E-state index in [2.05, 4.69) is 15.0 Å². The van der Waals surface area contributed by atoms with Gasteiger partial charge in [-0.25, -0.2) is 15.0 Å². The molecule has 0 bridgehead atoms. The zero-order chi connectivity index (χ0) is 23.1. The molecule has 1 saturated carbocycles. The molecule has 0 atom stereocenters. The second-order valence-corrected chi connectivity index (χ2v) is 7.92. The maximum atomic E-state index is 13.0. The monoisotopic (exact) mass is 482 g/mol. The van der Waals surface area contributed by atoms with Crippen molar-refractivity contribution in [2.24, 2.45) is 5.92 Å². The lowest BCUT2D eigenvalue weighted by molar-refractivity contribution is -0.149. The standard InChI is InChI=1S/C21H24Cl2N4O5/c1-2-31-21(30)13-3-6-15(7-4-13)32-16-8-5-14(11-24-16)27(9-10-28)20(29)17-18(22)25-12-26-19(17)23/h5,8,11-13,15,28H,2-4,6-7,9-10H2,1H3. The molecule has 2 heterocycles. The SMILES string of the molecule is CCOC(=O)C1CCC(Oc2ccc(N(CCO)C(=O)c3c(Cl)ncnc3Cl)cn2)CC1. The van der Waals surface area contributed by atoms with Crippen LogP contribution in [0.4, 0.5) is 5.69 Å². The van der Waals surface area contributed by atoms with Crippen molar-refractivity contribution in [3.8, 4) is 5.88 Å². The molecule has 3 rings (SSSR count). The van der Waals surface area contributed by atoms with Gasteiger partial charge in [-0.3, -0.25) is 9.59 Å². The van der Waals surface area contributed by atoms with E-state index in [0.717, 1.165) is 19.2 Å². The van der Waals surface area contributed by atoms with Crippen LogP contribution in [0.1, 0.15) is 43.0 Å². The molecule has 1 fully saturated rings. The first-order valence-electron chi connectivity index (χ1n) is 10.3. The number of carbonyl (C=O) groups excluding carboxylic acids is 2. The Morgan fingerprint density at radius 3 is 2.38 bits per heavy atom. The van der Waals surface area contributed by atoms with Crippen LogP contribution in [-0.4, -0.2) is 57.8 Å². The van der Waals surface area contributed by atoms with Crippen LogP contribution in [0.15, 0.2) is 24.7 Å². The van der Waals surface area contributed by atoms with Gasteiger partial charge in [0.1, 0.15) is 28.3 Å². The highest BCUT2D eigenvalue weighted by Crippen LogP contribution is 2.29. The average molecular weight is 483 g/mol. The molecule has 1 aliphatic rings. The summed E-state index contributed by atoms with van der Waals surface area (Å²) in [5, 5.41) is 9.27. The zero-order valence-electron chi connectivity index (χ0n) is 17.5. The summed E-state index contributed by atoms with van der Waals surface area (Å²) in [6.45, 7) is 1.90. The lowest BCUT2D eigenvalue weighted by Crippen LogP contribution is -2.34. The second-order valence-electron chi connectivity index (χ2n) is 7.21. The number of rotatable bonds is 8. The number of aromatic nitrogens is 3. The number of hydrogen-bond donors (Lipinski definition) is 1. The van der Waals surface area contributed by atoms with Gasteiger partial charge < -0.3 is 19.5 Å². The second kappa shape index (κ2) is 11.4. The highest BCUT2D eigenvalue weighted by molar-refractivity contribution is 6.39. The van der Waals surface area contributed by atoms with Crippen molar-refractivity contribution in [1.29, 1.82) is 0 Å². The Balaban J connectivity index is 1.66. The van der Waals surface area contributed by atoms with Crippen molar-refractivity contribution in [3.05, 3.63) is 40.5 Å². The molecule has 0 aliphatic heterocycles. The first-order chi connectivity index (χ1) is 15.4. The van der Waals surface area contributed by atoms with Crippen LogP contribution < -0.4 is 9.64 Å². The highest BCUT2D eigenvalue weighted by atomic mass is 35.5. The van der Waals surface area contributed by atoms with Gasteiger partial charge in [0.15, 0.2) is 0 Å². The number of ether oxygens (including phenoxy) is 2. The highest BCUT2D eigenvalue weighted by Gasteiger charge is 2.29. The summed E-state index contributed by atoms with van der Waals surface area (Å²) in [5.41, 5.74) is 0.376. The molecule has 2 aromatic rings. The molecule has 0 spiro atoms. The number of anilines is 1. The first-order valence-corrected chi connectivity index (χ1v) is 11.1. The Labute approximate surface area is 195 Å². The summed E-state index contributed by atoms with van der Waals surface area (Å²) >= 11 is 12.1.